The molecule has 0 aliphatic carbocycles. The number of rotatable bonds is 2. The molecule has 1 aromatic rings. The third-order valence-electron chi connectivity index (χ3n) is 1.69. The lowest BCUT2D eigenvalue weighted by atomic mass is 10.1. The van der Waals surface area contributed by atoms with Crippen LogP contribution in [0, 0.1) is 18.8 Å². The molecular formula is C12H11ClO. The smallest absolute Gasteiger partial charge is 0.150 e. The van der Waals surface area contributed by atoms with Crippen molar-refractivity contribution in [1.29, 1.82) is 0 Å². The van der Waals surface area contributed by atoms with Crippen molar-refractivity contribution in [3.8, 4) is 11.8 Å². The molecule has 0 fully saturated rings. The maximum Gasteiger partial charge on any atom is 0.150 e. The Kier molecular flexibility index (Phi) is 4.22. The molecule has 2 heteroatoms. The minimum Gasteiger partial charge on any atom is -0.298 e. The number of carbonyl (C=O) groups is 1. The molecule has 0 aliphatic rings. The predicted molar refractivity (Wildman–Crippen MR) is 58.8 cm³/mol. The van der Waals surface area contributed by atoms with E-state index in [1.807, 2.05) is 19.1 Å². The van der Waals surface area contributed by atoms with Gasteiger partial charge in [0.1, 0.15) is 6.29 Å². The number of benzene rings is 1. The number of hydrogen-bond donors (Lipinski definition) is 0. The second-order valence-corrected chi connectivity index (χ2v) is 3.37. The Bertz CT molecular complexity index is 385. The Labute approximate surface area is 89.1 Å². The van der Waals surface area contributed by atoms with E-state index in [0.29, 0.717) is 17.9 Å². The molecule has 0 unspecified atom stereocenters. The number of hydrogen-bond acceptors (Lipinski definition) is 1. The van der Waals surface area contributed by atoms with Crippen molar-refractivity contribution < 1.29 is 4.79 Å². The third-order valence-corrected chi connectivity index (χ3v) is 1.88. The highest BCUT2D eigenvalue weighted by atomic mass is 35.5. The van der Waals surface area contributed by atoms with E-state index in [9.17, 15) is 4.79 Å². The van der Waals surface area contributed by atoms with Gasteiger partial charge in [-0.2, -0.15) is 0 Å². The van der Waals surface area contributed by atoms with Crippen LogP contribution in [0.1, 0.15) is 27.9 Å². The van der Waals surface area contributed by atoms with Crippen LogP contribution in [0.4, 0.5) is 0 Å². The number of alkyl halides is 1. The summed E-state index contributed by atoms with van der Waals surface area (Å²) in [6.07, 6.45) is 1.51. The monoisotopic (exact) mass is 206 g/mol. The summed E-state index contributed by atoms with van der Waals surface area (Å²) in [6, 6.07) is 5.56. The van der Waals surface area contributed by atoms with Gasteiger partial charge in [-0.05, 0) is 30.7 Å². The standard InChI is InChI=1S/C12H11ClO/c1-10-6-11(4-2-3-5-13)8-12(7-10)9-14/h6-9H,3,5H2,1H3. The third kappa shape index (κ3) is 3.24. The molecule has 0 bridgehead atoms. The molecule has 72 valence electrons. The molecule has 0 heterocycles. The Balaban J connectivity index is 2.93. The summed E-state index contributed by atoms with van der Waals surface area (Å²) in [6.45, 7) is 1.94. The lowest BCUT2D eigenvalue weighted by molar-refractivity contribution is 0.112. The molecule has 1 nitrogen and oxygen atoms in total. The number of halogens is 1. The number of aryl methyl sites for hydroxylation is 1. The Morgan fingerprint density at radius 3 is 2.86 bits per heavy atom. The van der Waals surface area contributed by atoms with Crippen molar-refractivity contribution in [2.75, 3.05) is 5.88 Å². The van der Waals surface area contributed by atoms with Crippen molar-refractivity contribution in [3.05, 3.63) is 34.9 Å². The average molecular weight is 207 g/mol. The van der Waals surface area contributed by atoms with Crippen molar-refractivity contribution >= 4 is 17.9 Å². The van der Waals surface area contributed by atoms with Gasteiger partial charge < -0.3 is 0 Å². The summed E-state index contributed by atoms with van der Waals surface area (Å²) in [5, 5.41) is 0. The quantitative estimate of drug-likeness (QED) is 0.413. The topological polar surface area (TPSA) is 17.1 Å². The van der Waals surface area contributed by atoms with Crippen LogP contribution in [-0.2, 0) is 0 Å². The first-order valence-corrected chi connectivity index (χ1v) is 4.91. The van der Waals surface area contributed by atoms with E-state index >= 15 is 0 Å². The predicted octanol–water partition coefficient (Wildman–Crippen LogP) is 2.79. The first kappa shape index (κ1) is 10.8. The molecule has 0 spiro atoms. The van der Waals surface area contributed by atoms with Gasteiger partial charge in [-0.3, -0.25) is 4.79 Å². The van der Waals surface area contributed by atoms with Crippen LogP contribution in [0.15, 0.2) is 18.2 Å². The van der Waals surface area contributed by atoms with Crippen molar-refractivity contribution in [2.24, 2.45) is 0 Å². The molecule has 0 radical (unpaired) electrons. The number of aldehydes is 1. The van der Waals surface area contributed by atoms with E-state index in [-0.39, 0.29) is 0 Å². The summed E-state index contributed by atoms with van der Waals surface area (Å²) in [5.74, 6) is 6.44. The Morgan fingerprint density at radius 1 is 1.43 bits per heavy atom. The lowest BCUT2D eigenvalue weighted by Gasteiger charge is -1.96. The molecule has 0 aromatic heterocycles. The van der Waals surface area contributed by atoms with E-state index in [1.165, 1.54) is 0 Å². The second-order valence-electron chi connectivity index (χ2n) is 2.99. The van der Waals surface area contributed by atoms with Gasteiger partial charge in [-0.15, -0.1) is 11.6 Å². The minimum atomic E-state index is 0.541. The van der Waals surface area contributed by atoms with Crippen LogP contribution in [0.25, 0.3) is 0 Å². The maximum absolute atomic E-state index is 10.6. The van der Waals surface area contributed by atoms with Gasteiger partial charge in [0.15, 0.2) is 0 Å². The fraction of sp³-hybridized carbons (Fsp3) is 0.250. The van der Waals surface area contributed by atoms with E-state index < -0.39 is 0 Å². The fourth-order valence-corrected chi connectivity index (χ4v) is 1.26. The molecule has 0 atom stereocenters. The van der Waals surface area contributed by atoms with E-state index in [2.05, 4.69) is 11.8 Å². The highest BCUT2D eigenvalue weighted by molar-refractivity contribution is 6.18. The SMILES string of the molecule is Cc1cc(C#CCCCl)cc(C=O)c1. The zero-order valence-electron chi connectivity index (χ0n) is 8.01. The summed E-state index contributed by atoms with van der Waals surface area (Å²) >= 11 is 5.50. The normalized spacial score (nSPS) is 9.00. The molecule has 0 aliphatic heterocycles. The molecule has 0 amide bonds. The first-order valence-electron chi connectivity index (χ1n) is 4.38. The zero-order valence-corrected chi connectivity index (χ0v) is 8.77. The summed E-state index contributed by atoms with van der Waals surface area (Å²) < 4.78 is 0. The average Bonchev–Trinajstić information content (AvgIpc) is 2.17. The van der Waals surface area contributed by atoms with Crippen LogP contribution >= 0.6 is 11.6 Å². The largest absolute Gasteiger partial charge is 0.298 e. The van der Waals surface area contributed by atoms with Gasteiger partial charge in [0.05, 0.1) is 0 Å². The molecule has 1 rings (SSSR count). The molecule has 0 saturated carbocycles. The molecular weight excluding hydrogens is 196 g/mol. The molecule has 0 N–H and O–H groups in total. The molecule has 14 heavy (non-hydrogen) atoms. The van der Waals surface area contributed by atoms with E-state index in [4.69, 9.17) is 11.6 Å². The van der Waals surface area contributed by atoms with Crippen LogP contribution in [0.2, 0.25) is 0 Å². The minimum absolute atomic E-state index is 0.541. The summed E-state index contributed by atoms with van der Waals surface area (Å²) in [5.41, 5.74) is 2.59. The van der Waals surface area contributed by atoms with Gasteiger partial charge >= 0.3 is 0 Å². The van der Waals surface area contributed by atoms with E-state index in [0.717, 1.165) is 17.4 Å². The van der Waals surface area contributed by atoms with Gasteiger partial charge in [-0.25, -0.2) is 0 Å². The van der Waals surface area contributed by atoms with Gasteiger partial charge in [0.2, 0.25) is 0 Å². The van der Waals surface area contributed by atoms with Crippen molar-refractivity contribution in [2.45, 2.75) is 13.3 Å². The second kappa shape index (κ2) is 5.47. The number of carbonyl (C=O) groups excluding carboxylic acids is 1. The van der Waals surface area contributed by atoms with E-state index in [1.54, 1.807) is 6.07 Å². The highest BCUT2D eigenvalue weighted by Gasteiger charge is 1.94. The maximum atomic E-state index is 10.6. The lowest BCUT2D eigenvalue weighted by Crippen LogP contribution is -1.85. The summed E-state index contributed by atoms with van der Waals surface area (Å²) in [4.78, 5) is 10.6. The van der Waals surface area contributed by atoms with Crippen LogP contribution in [0.5, 0.6) is 0 Å². The van der Waals surface area contributed by atoms with Crippen LogP contribution in [-0.4, -0.2) is 12.2 Å². The molecule has 0 saturated heterocycles. The van der Waals surface area contributed by atoms with Crippen molar-refractivity contribution in [1.82, 2.24) is 0 Å². The highest BCUT2D eigenvalue weighted by Crippen LogP contribution is 2.06. The molecule has 1 aromatic carbocycles. The van der Waals surface area contributed by atoms with Crippen molar-refractivity contribution in [3.63, 3.8) is 0 Å². The Hall–Kier alpha value is -1.26. The summed E-state index contributed by atoms with van der Waals surface area (Å²) in [7, 11) is 0. The van der Waals surface area contributed by atoms with Crippen LogP contribution < -0.4 is 0 Å². The van der Waals surface area contributed by atoms with Gasteiger partial charge in [0, 0.05) is 23.4 Å². The Morgan fingerprint density at radius 2 is 2.21 bits per heavy atom. The first-order chi connectivity index (χ1) is 6.76. The van der Waals surface area contributed by atoms with Crippen LogP contribution in [0.3, 0.4) is 0 Å². The van der Waals surface area contributed by atoms with Gasteiger partial charge in [0.25, 0.3) is 0 Å². The fourth-order valence-electron chi connectivity index (χ4n) is 1.16. The zero-order chi connectivity index (χ0) is 10.4. The van der Waals surface area contributed by atoms with Gasteiger partial charge in [-0.1, -0.05) is 11.8 Å².